The van der Waals surface area contributed by atoms with Crippen molar-refractivity contribution in [3.8, 4) is 0 Å². The lowest BCUT2D eigenvalue weighted by molar-refractivity contribution is -0.114. The third-order valence-corrected chi connectivity index (χ3v) is 6.78. The molecular weight excluding hydrogens is 374 g/mol. The van der Waals surface area contributed by atoms with E-state index in [1.165, 1.54) is 19.8 Å². The Morgan fingerprint density at radius 2 is 1.85 bits per heavy atom. The molecule has 26 heavy (non-hydrogen) atoms. The summed E-state index contributed by atoms with van der Waals surface area (Å²) in [7, 11) is -3.84. The zero-order valence-electron chi connectivity index (χ0n) is 14.6. The van der Waals surface area contributed by atoms with Crippen LogP contribution in [0.1, 0.15) is 26.7 Å². The van der Waals surface area contributed by atoms with E-state index in [0.717, 1.165) is 36.0 Å². The Bertz CT molecular complexity index is 872. The molecule has 2 aromatic rings. The predicted molar refractivity (Wildman–Crippen MR) is 102 cm³/mol. The summed E-state index contributed by atoms with van der Waals surface area (Å²) in [5, 5.41) is 9.85. The molecule has 0 saturated carbocycles. The first-order chi connectivity index (χ1) is 12.3. The van der Waals surface area contributed by atoms with Gasteiger partial charge in [-0.1, -0.05) is 18.3 Å². The Balaban J connectivity index is 1.68. The minimum atomic E-state index is -3.84. The van der Waals surface area contributed by atoms with Crippen molar-refractivity contribution < 1.29 is 13.2 Å². The number of sulfonamides is 1. The van der Waals surface area contributed by atoms with Crippen LogP contribution in [0.4, 0.5) is 16.5 Å². The highest BCUT2D eigenvalue weighted by Gasteiger charge is 2.21. The lowest BCUT2D eigenvalue weighted by atomic mass is 9.99. The van der Waals surface area contributed by atoms with Gasteiger partial charge < -0.3 is 10.2 Å². The monoisotopic (exact) mass is 395 g/mol. The molecule has 0 radical (unpaired) electrons. The SMILES string of the molecule is CC(=O)Nc1nnc(S(=O)(=O)Nc2ccc(N3CCC(C)CC3)cc2)s1. The summed E-state index contributed by atoms with van der Waals surface area (Å²) in [6.45, 7) is 5.62. The van der Waals surface area contributed by atoms with Gasteiger partial charge in [0.1, 0.15) is 0 Å². The zero-order valence-corrected chi connectivity index (χ0v) is 16.2. The van der Waals surface area contributed by atoms with E-state index in [4.69, 9.17) is 0 Å². The number of hydrogen-bond acceptors (Lipinski definition) is 7. The van der Waals surface area contributed by atoms with E-state index in [0.29, 0.717) is 5.69 Å². The Morgan fingerprint density at radius 3 is 2.46 bits per heavy atom. The van der Waals surface area contributed by atoms with E-state index in [2.05, 4.69) is 32.1 Å². The van der Waals surface area contributed by atoms with Crippen molar-refractivity contribution in [2.45, 2.75) is 31.0 Å². The number of amides is 1. The molecule has 1 aliphatic heterocycles. The average molecular weight is 396 g/mol. The maximum atomic E-state index is 12.4. The van der Waals surface area contributed by atoms with E-state index < -0.39 is 10.0 Å². The number of carbonyl (C=O) groups is 1. The van der Waals surface area contributed by atoms with Crippen molar-refractivity contribution in [1.29, 1.82) is 0 Å². The summed E-state index contributed by atoms with van der Waals surface area (Å²) in [6, 6.07) is 7.30. The molecule has 0 aliphatic carbocycles. The van der Waals surface area contributed by atoms with E-state index >= 15 is 0 Å². The molecule has 10 heteroatoms. The third kappa shape index (κ3) is 4.50. The lowest BCUT2D eigenvalue weighted by Crippen LogP contribution is -2.32. The fourth-order valence-corrected chi connectivity index (χ4v) is 4.73. The van der Waals surface area contributed by atoms with Gasteiger partial charge in [-0.25, -0.2) is 0 Å². The molecule has 2 N–H and O–H groups in total. The minimum Gasteiger partial charge on any atom is -0.372 e. The first-order valence-electron chi connectivity index (χ1n) is 8.32. The number of aromatic nitrogens is 2. The molecular formula is C16H21N5O3S2. The molecule has 0 atom stereocenters. The van der Waals surface area contributed by atoms with Crippen LogP contribution in [0.15, 0.2) is 28.6 Å². The molecule has 1 aromatic carbocycles. The van der Waals surface area contributed by atoms with E-state index in [1.54, 1.807) is 12.1 Å². The first-order valence-corrected chi connectivity index (χ1v) is 10.6. The van der Waals surface area contributed by atoms with Crippen LogP contribution in [0.2, 0.25) is 0 Å². The molecule has 3 rings (SSSR count). The Kier molecular flexibility index (Phi) is 5.42. The molecule has 0 spiro atoms. The first kappa shape index (κ1) is 18.6. The van der Waals surface area contributed by atoms with Crippen LogP contribution >= 0.6 is 11.3 Å². The summed E-state index contributed by atoms with van der Waals surface area (Å²) in [4.78, 5) is 13.3. The van der Waals surface area contributed by atoms with Crippen LogP contribution in [0.3, 0.4) is 0 Å². The highest BCUT2D eigenvalue weighted by atomic mass is 32.2. The van der Waals surface area contributed by atoms with Crippen LogP contribution in [-0.2, 0) is 14.8 Å². The summed E-state index contributed by atoms with van der Waals surface area (Å²) >= 11 is 0.801. The summed E-state index contributed by atoms with van der Waals surface area (Å²) in [5.41, 5.74) is 1.54. The molecule has 2 heterocycles. The van der Waals surface area contributed by atoms with E-state index in [1.807, 2.05) is 12.1 Å². The van der Waals surface area contributed by atoms with Gasteiger partial charge in [0.2, 0.25) is 11.0 Å². The van der Waals surface area contributed by atoms with Gasteiger partial charge in [-0.3, -0.25) is 9.52 Å². The van der Waals surface area contributed by atoms with Crippen LogP contribution in [0, 0.1) is 5.92 Å². The molecule has 1 aliphatic rings. The lowest BCUT2D eigenvalue weighted by Gasteiger charge is -2.32. The third-order valence-electron chi connectivity index (χ3n) is 4.19. The molecule has 0 bridgehead atoms. The van der Waals surface area contributed by atoms with Crippen molar-refractivity contribution in [1.82, 2.24) is 10.2 Å². The molecule has 1 saturated heterocycles. The van der Waals surface area contributed by atoms with Gasteiger partial charge in [0, 0.05) is 31.4 Å². The minimum absolute atomic E-state index is 0.146. The number of nitrogens with zero attached hydrogens (tertiary/aromatic N) is 3. The standard InChI is InChI=1S/C16H21N5O3S2/c1-11-7-9-21(10-8-11)14-5-3-13(4-6-14)20-26(23,24)16-19-18-15(25-16)17-12(2)22/h3-6,11,20H,7-10H2,1-2H3,(H,17,18,22). The predicted octanol–water partition coefficient (Wildman–Crippen LogP) is 2.53. The number of piperidine rings is 1. The molecule has 1 fully saturated rings. The van der Waals surface area contributed by atoms with Crippen LogP contribution in [0.25, 0.3) is 0 Å². The highest BCUT2D eigenvalue weighted by Crippen LogP contribution is 2.26. The van der Waals surface area contributed by atoms with Gasteiger partial charge in [-0.15, -0.1) is 10.2 Å². The largest absolute Gasteiger partial charge is 0.372 e. The Morgan fingerprint density at radius 1 is 1.19 bits per heavy atom. The van der Waals surface area contributed by atoms with Gasteiger partial charge in [0.05, 0.1) is 0 Å². The number of hydrogen-bond donors (Lipinski definition) is 2. The maximum Gasteiger partial charge on any atom is 0.291 e. The van der Waals surface area contributed by atoms with Crippen molar-refractivity contribution in [2.24, 2.45) is 5.92 Å². The van der Waals surface area contributed by atoms with Crippen LogP contribution in [0.5, 0.6) is 0 Å². The zero-order chi connectivity index (χ0) is 18.7. The molecule has 1 amide bonds. The Labute approximate surface area is 156 Å². The summed E-state index contributed by atoms with van der Waals surface area (Å²) < 4.78 is 27.1. The number of benzene rings is 1. The summed E-state index contributed by atoms with van der Waals surface area (Å²) in [5.74, 6) is 0.423. The van der Waals surface area contributed by atoms with Crippen molar-refractivity contribution in [3.63, 3.8) is 0 Å². The van der Waals surface area contributed by atoms with E-state index in [-0.39, 0.29) is 15.4 Å². The average Bonchev–Trinajstić information content (AvgIpc) is 3.05. The van der Waals surface area contributed by atoms with Crippen LogP contribution < -0.4 is 14.9 Å². The summed E-state index contributed by atoms with van der Waals surface area (Å²) in [6.07, 6.45) is 2.34. The number of rotatable bonds is 5. The van der Waals surface area contributed by atoms with Crippen LogP contribution in [-0.4, -0.2) is 37.6 Å². The van der Waals surface area contributed by atoms with Crippen molar-refractivity contribution >= 4 is 43.8 Å². The van der Waals surface area contributed by atoms with Gasteiger partial charge in [-0.05, 0) is 43.0 Å². The smallest absolute Gasteiger partial charge is 0.291 e. The maximum absolute atomic E-state index is 12.4. The second-order valence-corrected chi connectivity index (χ2v) is 9.21. The molecule has 8 nitrogen and oxygen atoms in total. The molecule has 140 valence electrons. The molecule has 1 aromatic heterocycles. The second-order valence-electron chi connectivity index (χ2n) is 6.38. The fraction of sp³-hybridized carbons (Fsp3) is 0.438. The van der Waals surface area contributed by atoms with Gasteiger partial charge in [-0.2, -0.15) is 8.42 Å². The normalized spacial score (nSPS) is 15.7. The van der Waals surface area contributed by atoms with Crippen molar-refractivity contribution in [3.05, 3.63) is 24.3 Å². The number of nitrogens with one attached hydrogen (secondary N) is 2. The second kappa shape index (κ2) is 7.58. The fourth-order valence-electron chi connectivity index (χ4n) is 2.73. The molecule has 0 unspecified atom stereocenters. The Hall–Kier alpha value is -2.20. The highest BCUT2D eigenvalue weighted by molar-refractivity contribution is 7.94. The quantitative estimate of drug-likeness (QED) is 0.754. The number of anilines is 3. The number of carbonyl (C=O) groups excluding carboxylic acids is 1. The van der Waals surface area contributed by atoms with Gasteiger partial charge in [0.25, 0.3) is 14.4 Å². The van der Waals surface area contributed by atoms with Gasteiger partial charge >= 0.3 is 0 Å². The van der Waals surface area contributed by atoms with E-state index in [9.17, 15) is 13.2 Å². The topological polar surface area (TPSA) is 104 Å². The van der Waals surface area contributed by atoms with Crippen molar-refractivity contribution in [2.75, 3.05) is 28.0 Å². The van der Waals surface area contributed by atoms with Gasteiger partial charge in [0.15, 0.2) is 0 Å².